The summed E-state index contributed by atoms with van der Waals surface area (Å²) in [5.74, 6) is -1.98. The summed E-state index contributed by atoms with van der Waals surface area (Å²) in [6.07, 6.45) is 0.465. The molecule has 0 fully saturated rings. The van der Waals surface area contributed by atoms with Gasteiger partial charge in [-0.15, -0.1) is 0 Å². The first-order valence-electron chi connectivity index (χ1n) is 10.5. The molecule has 6 nitrogen and oxygen atoms in total. The van der Waals surface area contributed by atoms with Crippen LogP contribution in [0.25, 0.3) is 0 Å². The van der Waals surface area contributed by atoms with E-state index in [1.165, 1.54) is 0 Å². The van der Waals surface area contributed by atoms with Crippen molar-refractivity contribution < 1.29 is 29.0 Å². The lowest BCUT2D eigenvalue weighted by Crippen LogP contribution is -2.44. The van der Waals surface area contributed by atoms with Crippen LogP contribution in [0.15, 0.2) is 42.5 Å². The zero-order valence-electron chi connectivity index (χ0n) is 19.6. The van der Waals surface area contributed by atoms with Gasteiger partial charge in [0.2, 0.25) is 0 Å². The van der Waals surface area contributed by atoms with E-state index in [1.54, 1.807) is 41.5 Å². The van der Waals surface area contributed by atoms with Crippen molar-refractivity contribution in [1.82, 2.24) is 0 Å². The van der Waals surface area contributed by atoms with E-state index >= 15 is 0 Å². The number of carbonyl (C=O) groups is 3. The third kappa shape index (κ3) is 7.53. The van der Waals surface area contributed by atoms with Gasteiger partial charge in [0, 0.05) is 0 Å². The minimum absolute atomic E-state index is 0.0379. The van der Waals surface area contributed by atoms with Gasteiger partial charge in [0.25, 0.3) is 0 Å². The van der Waals surface area contributed by atoms with Crippen LogP contribution in [0.2, 0.25) is 0 Å². The Morgan fingerprint density at radius 3 is 2.00 bits per heavy atom. The van der Waals surface area contributed by atoms with Gasteiger partial charge in [-0.05, 0) is 65.0 Å². The number of hydrogen-bond acceptors (Lipinski definition) is 5. The molecule has 0 aliphatic carbocycles. The molecule has 0 aliphatic rings. The number of carboxylic acids is 1. The fourth-order valence-electron chi connectivity index (χ4n) is 3.75. The average Bonchev–Trinajstić information content (AvgIpc) is 2.69. The lowest BCUT2D eigenvalue weighted by Gasteiger charge is -2.39. The molecular weight excluding hydrogens is 396 g/mol. The van der Waals surface area contributed by atoms with Crippen molar-refractivity contribution in [3.63, 3.8) is 0 Å². The van der Waals surface area contributed by atoms with E-state index in [1.807, 2.05) is 30.3 Å². The summed E-state index contributed by atoms with van der Waals surface area (Å²) in [7, 11) is 0. The summed E-state index contributed by atoms with van der Waals surface area (Å²) < 4.78 is 10.9. The Labute approximate surface area is 185 Å². The maximum Gasteiger partial charge on any atom is 0.312 e. The van der Waals surface area contributed by atoms with Gasteiger partial charge in [-0.1, -0.05) is 43.8 Å². The van der Waals surface area contributed by atoms with Crippen molar-refractivity contribution in [2.45, 2.75) is 67.4 Å². The molecule has 172 valence electrons. The maximum absolute atomic E-state index is 13.1. The number of rotatable bonds is 12. The molecule has 6 heteroatoms. The summed E-state index contributed by atoms with van der Waals surface area (Å²) in [4.78, 5) is 37.8. The highest BCUT2D eigenvalue weighted by Gasteiger charge is 2.49. The summed E-state index contributed by atoms with van der Waals surface area (Å²) in [6, 6.07) is 9.32. The van der Waals surface area contributed by atoms with Crippen molar-refractivity contribution in [1.29, 1.82) is 0 Å². The van der Waals surface area contributed by atoms with Crippen LogP contribution in [0.3, 0.4) is 0 Å². The number of aliphatic carboxylic acids is 1. The second kappa shape index (κ2) is 10.6. The van der Waals surface area contributed by atoms with Crippen LogP contribution in [-0.2, 0) is 30.5 Å². The standard InChI is InChI=1S/C25H36O6/c1-8-24(6,20(26)27)17-25(7,22(29)30-14-18(2)3)16-23(4,5)21(28)31-15-19-12-10-9-11-13-19/h9-13H,2,8,14-17H2,1,3-7H3,(H,26,27). The molecule has 0 aromatic heterocycles. The lowest BCUT2D eigenvalue weighted by molar-refractivity contribution is -0.167. The smallest absolute Gasteiger partial charge is 0.312 e. The van der Waals surface area contributed by atoms with Crippen LogP contribution in [0, 0.1) is 16.2 Å². The minimum Gasteiger partial charge on any atom is -0.481 e. The highest BCUT2D eigenvalue weighted by molar-refractivity contribution is 5.82. The van der Waals surface area contributed by atoms with Crippen LogP contribution >= 0.6 is 0 Å². The van der Waals surface area contributed by atoms with Crippen molar-refractivity contribution in [3.05, 3.63) is 48.0 Å². The van der Waals surface area contributed by atoms with Crippen LogP contribution in [0.5, 0.6) is 0 Å². The fourth-order valence-corrected chi connectivity index (χ4v) is 3.75. The number of benzene rings is 1. The number of carbonyl (C=O) groups excluding carboxylic acids is 2. The highest BCUT2D eigenvalue weighted by Crippen LogP contribution is 2.45. The van der Waals surface area contributed by atoms with Gasteiger partial charge in [-0.2, -0.15) is 0 Å². The molecule has 31 heavy (non-hydrogen) atoms. The highest BCUT2D eigenvalue weighted by atomic mass is 16.5. The Morgan fingerprint density at radius 1 is 0.935 bits per heavy atom. The molecule has 1 aromatic rings. The molecule has 1 rings (SSSR count). The Hall–Kier alpha value is -2.63. The van der Waals surface area contributed by atoms with Gasteiger partial charge < -0.3 is 14.6 Å². The van der Waals surface area contributed by atoms with Gasteiger partial charge in [-0.3, -0.25) is 14.4 Å². The van der Waals surface area contributed by atoms with E-state index in [2.05, 4.69) is 6.58 Å². The molecule has 0 saturated carbocycles. The molecule has 0 radical (unpaired) electrons. The van der Waals surface area contributed by atoms with Crippen LogP contribution in [0.1, 0.15) is 66.4 Å². The zero-order valence-corrected chi connectivity index (χ0v) is 19.6. The largest absolute Gasteiger partial charge is 0.481 e. The van der Waals surface area contributed by atoms with Crippen LogP contribution < -0.4 is 0 Å². The molecule has 0 saturated heterocycles. The predicted octanol–water partition coefficient (Wildman–Crippen LogP) is 5.16. The van der Waals surface area contributed by atoms with Crippen LogP contribution in [-0.4, -0.2) is 29.6 Å². The van der Waals surface area contributed by atoms with Gasteiger partial charge >= 0.3 is 17.9 Å². The lowest BCUT2D eigenvalue weighted by atomic mass is 9.65. The second-order valence-corrected chi connectivity index (χ2v) is 9.61. The molecule has 1 aromatic carbocycles. The molecule has 0 bridgehead atoms. The first-order valence-corrected chi connectivity index (χ1v) is 10.5. The van der Waals surface area contributed by atoms with Crippen molar-refractivity contribution in [3.8, 4) is 0 Å². The molecule has 0 heterocycles. The predicted molar refractivity (Wildman–Crippen MR) is 119 cm³/mol. The number of ether oxygens (including phenoxy) is 2. The van der Waals surface area contributed by atoms with E-state index in [9.17, 15) is 19.5 Å². The monoisotopic (exact) mass is 432 g/mol. The van der Waals surface area contributed by atoms with Crippen molar-refractivity contribution in [2.24, 2.45) is 16.2 Å². The summed E-state index contributed by atoms with van der Waals surface area (Å²) in [6.45, 7) is 14.1. The zero-order chi connectivity index (χ0) is 23.9. The first-order chi connectivity index (χ1) is 14.3. The third-order valence-corrected chi connectivity index (χ3v) is 5.62. The van der Waals surface area contributed by atoms with Crippen LogP contribution in [0.4, 0.5) is 0 Å². The summed E-state index contributed by atoms with van der Waals surface area (Å²) >= 11 is 0. The topological polar surface area (TPSA) is 89.9 Å². The number of esters is 2. The minimum atomic E-state index is -1.20. The first kappa shape index (κ1) is 26.4. The second-order valence-electron chi connectivity index (χ2n) is 9.61. The molecule has 2 unspecified atom stereocenters. The Balaban J connectivity index is 3.09. The maximum atomic E-state index is 13.1. The van der Waals surface area contributed by atoms with E-state index in [0.717, 1.165) is 5.56 Å². The molecule has 0 aliphatic heterocycles. The third-order valence-electron chi connectivity index (χ3n) is 5.62. The Morgan fingerprint density at radius 2 is 1.52 bits per heavy atom. The SMILES string of the molecule is C=C(C)COC(=O)C(C)(CC(C)(C)C(=O)OCc1ccccc1)CC(C)(CC)C(=O)O. The van der Waals surface area contributed by atoms with E-state index < -0.39 is 34.2 Å². The van der Waals surface area contributed by atoms with E-state index in [-0.39, 0.29) is 26.1 Å². The summed E-state index contributed by atoms with van der Waals surface area (Å²) in [5, 5.41) is 9.76. The normalized spacial score (nSPS) is 15.3. The fraction of sp³-hybridized carbons (Fsp3) is 0.560. The molecule has 1 N–H and O–H groups in total. The van der Waals surface area contributed by atoms with Gasteiger partial charge in [0.05, 0.1) is 16.2 Å². The van der Waals surface area contributed by atoms with Gasteiger partial charge in [0.1, 0.15) is 13.2 Å². The van der Waals surface area contributed by atoms with Crippen molar-refractivity contribution >= 4 is 17.9 Å². The average molecular weight is 433 g/mol. The molecular formula is C25H36O6. The van der Waals surface area contributed by atoms with Gasteiger partial charge in [0.15, 0.2) is 0 Å². The molecule has 2 atom stereocenters. The molecule has 0 amide bonds. The Kier molecular flexibility index (Phi) is 9.03. The van der Waals surface area contributed by atoms with E-state index in [0.29, 0.717) is 12.0 Å². The quantitative estimate of drug-likeness (QED) is 0.362. The van der Waals surface area contributed by atoms with Gasteiger partial charge in [-0.25, -0.2) is 0 Å². The number of hydrogen-bond donors (Lipinski definition) is 1. The number of carboxylic acid groups (broad SMARTS) is 1. The summed E-state index contributed by atoms with van der Waals surface area (Å²) in [5.41, 5.74) is -1.83. The van der Waals surface area contributed by atoms with Crippen molar-refractivity contribution in [2.75, 3.05) is 6.61 Å². The Bertz CT molecular complexity index is 797. The molecule has 0 spiro atoms. The van der Waals surface area contributed by atoms with E-state index in [4.69, 9.17) is 9.47 Å².